The number of benzene rings is 1. The summed E-state index contributed by atoms with van der Waals surface area (Å²) in [5.41, 5.74) is 7.10. The van der Waals surface area contributed by atoms with Crippen molar-refractivity contribution in [1.82, 2.24) is 9.80 Å². The van der Waals surface area contributed by atoms with Crippen molar-refractivity contribution >= 4 is 27.6 Å². The highest BCUT2D eigenvalue weighted by atomic mass is 32.2. The van der Waals surface area contributed by atoms with Crippen LogP contribution in [0.15, 0.2) is 24.3 Å². The molecule has 1 saturated carbocycles. The molecule has 0 spiro atoms. The number of primary amides is 1. The van der Waals surface area contributed by atoms with Crippen LogP contribution in [-0.2, 0) is 19.4 Å². The molecule has 9 nitrogen and oxygen atoms in total. The van der Waals surface area contributed by atoms with Crippen LogP contribution in [0.1, 0.15) is 73.2 Å². The Morgan fingerprint density at radius 3 is 2.12 bits per heavy atom. The molecule has 1 aromatic carbocycles. The molecular formula is C28H38F5N3O6S. The van der Waals surface area contributed by atoms with Crippen molar-refractivity contribution in [2.24, 2.45) is 11.7 Å². The van der Waals surface area contributed by atoms with Crippen LogP contribution in [0, 0.1) is 5.92 Å². The predicted octanol–water partition coefficient (Wildman–Crippen LogP) is 3.83. The zero-order valence-electron chi connectivity index (χ0n) is 23.9. The highest BCUT2D eigenvalue weighted by Gasteiger charge is 2.42. The number of alkyl halides is 5. The van der Waals surface area contributed by atoms with Crippen LogP contribution in [0.2, 0.25) is 0 Å². The number of halogens is 5. The summed E-state index contributed by atoms with van der Waals surface area (Å²) in [6.45, 7) is 1.37. The minimum absolute atomic E-state index is 0.0341. The van der Waals surface area contributed by atoms with Crippen molar-refractivity contribution in [1.29, 1.82) is 0 Å². The predicted molar refractivity (Wildman–Crippen MR) is 147 cm³/mol. The molecule has 3 fully saturated rings. The third-order valence-electron chi connectivity index (χ3n) is 8.45. The van der Waals surface area contributed by atoms with Gasteiger partial charge >= 0.3 is 12.1 Å². The Labute approximate surface area is 247 Å². The smallest absolute Gasteiger partial charge is 0.475 e. The van der Waals surface area contributed by atoms with Crippen LogP contribution < -0.4 is 5.73 Å². The monoisotopic (exact) mass is 639 g/mol. The van der Waals surface area contributed by atoms with Crippen molar-refractivity contribution in [3.05, 3.63) is 35.4 Å². The first-order valence-electron chi connectivity index (χ1n) is 14.1. The largest absolute Gasteiger partial charge is 0.490 e. The highest BCUT2D eigenvalue weighted by Crippen LogP contribution is 2.43. The summed E-state index contributed by atoms with van der Waals surface area (Å²) in [7, 11) is -3.49. The van der Waals surface area contributed by atoms with E-state index in [2.05, 4.69) is 4.90 Å². The molecule has 15 heteroatoms. The van der Waals surface area contributed by atoms with E-state index >= 15 is 0 Å². The fourth-order valence-electron chi connectivity index (χ4n) is 6.32. The van der Waals surface area contributed by atoms with Crippen molar-refractivity contribution in [3.63, 3.8) is 0 Å². The maximum absolute atomic E-state index is 13.6. The Hall–Kier alpha value is -2.81. The number of sulfone groups is 1. The third-order valence-corrected chi connectivity index (χ3v) is 9.22. The number of carboxylic acids is 1. The number of hydrogen-bond donors (Lipinski definition) is 2. The number of carbonyl (C=O) groups is 3. The second-order valence-corrected chi connectivity index (χ2v) is 13.9. The number of nitrogens with zero attached hydrogens (tertiary/aromatic N) is 2. The lowest BCUT2D eigenvalue weighted by Crippen LogP contribution is -2.48. The standard InChI is InChI=1S/C26H37F2N3O4S.C2HF3O2/c1-36(34,35)17-24(32)30(16-18-7-9-26(27,28)10-8-18)11-12-31-22-5-6-23(31)15-21(14-22)19-3-2-4-20(13-19)25(29)33;3-2(4,5)1(6)7/h2-4,13,18,21-23H,5-12,14-17H2,1H3,(H2,29,33);(H,6,7). The van der Waals surface area contributed by atoms with Crippen LogP contribution in [-0.4, -0.2) is 96.9 Å². The molecule has 2 aliphatic heterocycles. The zero-order valence-corrected chi connectivity index (χ0v) is 24.7. The highest BCUT2D eigenvalue weighted by molar-refractivity contribution is 7.91. The number of piperidine rings is 1. The van der Waals surface area contributed by atoms with Crippen molar-refractivity contribution in [2.75, 3.05) is 31.6 Å². The van der Waals surface area contributed by atoms with Crippen molar-refractivity contribution in [3.8, 4) is 0 Å². The van der Waals surface area contributed by atoms with Gasteiger partial charge in [0.15, 0.2) is 9.84 Å². The number of carbonyl (C=O) groups excluding carboxylic acids is 2. The van der Waals surface area contributed by atoms with E-state index in [9.17, 15) is 40.0 Å². The van der Waals surface area contributed by atoms with Crippen LogP contribution in [0.25, 0.3) is 0 Å². The Bertz CT molecular complexity index is 1250. The quantitative estimate of drug-likeness (QED) is 0.392. The number of rotatable bonds is 9. The van der Waals surface area contributed by atoms with Gasteiger partial charge in [-0.3, -0.25) is 14.5 Å². The third kappa shape index (κ3) is 10.4. The van der Waals surface area contributed by atoms with Gasteiger partial charge in [0.05, 0.1) is 0 Å². The first kappa shape index (κ1) is 34.7. The maximum atomic E-state index is 13.6. The van der Waals surface area contributed by atoms with Crippen molar-refractivity contribution in [2.45, 2.75) is 81.5 Å². The lowest BCUT2D eigenvalue weighted by molar-refractivity contribution is -0.192. The van der Waals surface area contributed by atoms with Gasteiger partial charge in [0.1, 0.15) is 5.75 Å². The van der Waals surface area contributed by atoms with Gasteiger partial charge in [-0.1, -0.05) is 12.1 Å². The molecule has 3 N–H and O–H groups in total. The summed E-state index contributed by atoms with van der Waals surface area (Å²) in [5, 5.41) is 7.12. The molecule has 2 saturated heterocycles. The molecule has 2 atom stereocenters. The number of carboxylic acid groups (broad SMARTS) is 1. The first-order valence-corrected chi connectivity index (χ1v) is 16.2. The summed E-state index contributed by atoms with van der Waals surface area (Å²) in [6.07, 6.45) is 0.315. The molecule has 43 heavy (non-hydrogen) atoms. The van der Waals surface area contributed by atoms with Gasteiger partial charge in [-0.05, 0) is 68.1 Å². The fraction of sp³-hybridized carbons (Fsp3) is 0.679. The Morgan fingerprint density at radius 1 is 1.07 bits per heavy atom. The van der Waals surface area contributed by atoms with Gasteiger partial charge < -0.3 is 15.7 Å². The summed E-state index contributed by atoms with van der Waals surface area (Å²) >= 11 is 0. The van der Waals surface area contributed by atoms with Gasteiger partial charge in [-0.2, -0.15) is 13.2 Å². The van der Waals surface area contributed by atoms with Crippen LogP contribution in [0.3, 0.4) is 0 Å². The van der Waals surface area contributed by atoms with E-state index in [1.54, 1.807) is 11.0 Å². The number of hydrogen-bond acceptors (Lipinski definition) is 6. The van der Waals surface area contributed by atoms with E-state index in [1.165, 1.54) is 0 Å². The summed E-state index contributed by atoms with van der Waals surface area (Å²) in [4.78, 5) is 37.4. The Balaban J connectivity index is 0.000000646. The van der Waals surface area contributed by atoms with Gasteiger partial charge in [0.25, 0.3) is 0 Å². The van der Waals surface area contributed by atoms with E-state index in [1.807, 2.05) is 18.2 Å². The van der Waals surface area contributed by atoms with E-state index in [-0.39, 0.29) is 18.8 Å². The average molecular weight is 640 g/mol. The van der Waals surface area contributed by atoms with Crippen LogP contribution in [0.4, 0.5) is 22.0 Å². The zero-order chi connectivity index (χ0) is 32.2. The molecule has 4 rings (SSSR count). The molecular weight excluding hydrogens is 601 g/mol. The average Bonchev–Trinajstić information content (AvgIpc) is 3.12. The minimum atomic E-state index is -5.08. The van der Waals surface area contributed by atoms with Gasteiger partial charge in [-0.15, -0.1) is 0 Å². The molecule has 1 aliphatic carbocycles. The lowest BCUT2D eigenvalue weighted by Gasteiger charge is -2.40. The van der Waals surface area contributed by atoms with Gasteiger partial charge in [0, 0.05) is 56.4 Å². The molecule has 2 bridgehead atoms. The molecule has 2 heterocycles. The minimum Gasteiger partial charge on any atom is -0.475 e. The number of aliphatic carboxylic acids is 1. The summed E-state index contributed by atoms with van der Waals surface area (Å²) in [5.74, 6) is -6.52. The second-order valence-electron chi connectivity index (χ2n) is 11.8. The summed E-state index contributed by atoms with van der Waals surface area (Å²) in [6, 6.07) is 8.24. The molecule has 0 aromatic heterocycles. The van der Waals surface area contributed by atoms with Crippen molar-refractivity contribution < 1.29 is 49.9 Å². The summed E-state index contributed by atoms with van der Waals surface area (Å²) < 4.78 is 82.5. The fourth-order valence-corrected chi connectivity index (χ4v) is 6.95. The molecule has 1 aromatic rings. The van der Waals surface area contributed by atoms with Gasteiger partial charge in [-0.25, -0.2) is 22.0 Å². The molecule has 2 unspecified atom stereocenters. The number of nitrogens with two attached hydrogens (primary N) is 1. The molecule has 3 aliphatic rings. The maximum Gasteiger partial charge on any atom is 0.490 e. The van der Waals surface area contributed by atoms with Crippen LogP contribution >= 0.6 is 0 Å². The SMILES string of the molecule is CS(=O)(=O)CC(=O)N(CCN1C2CCC1CC(c1cccc(C(N)=O)c1)C2)CC1CCC(F)(F)CC1.O=C(O)C(F)(F)F. The van der Waals surface area contributed by atoms with E-state index in [4.69, 9.17) is 15.6 Å². The number of amides is 2. The molecule has 2 amide bonds. The number of fused-ring (bicyclic) bond motifs is 2. The second kappa shape index (κ2) is 13.9. The van der Waals surface area contributed by atoms with E-state index in [0.29, 0.717) is 56.0 Å². The normalized spacial score (nSPS) is 24.1. The van der Waals surface area contributed by atoms with E-state index < -0.39 is 45.5 Å². The lowest BCUT2D eigenvalue weighted by atomic mass is 9.84. The first-order chi connectivity index (χ1) is 19.8. The van der Waals surface area contributed by atoms with Crippen LogP contribution in [0.5, 0.6) is 0 Å². The molecule has 242 valence electrons. The van der Waals surface area contributed by atoms with Gasteiger partial charge in [0.2, 0.25) is 17.7 Å². The van der Waals surface area contributed by atoms with E-state index in [0.717, 1.165) is 37.5 Å². The topological polar surface area (TPSA) is 138 Å². The Kier molecular flexibility index (Phi) is 11.2. The molecule has 0 radical (unpaired) electrons. The Morgan fingerprint density at radius 2 is 1.63 bits per heavy atom.